The van der Waals surface area contributed by atoms with Crippen molar-refractivity contribution in [3.8, 4) is 0 Å². The maximum atomic E-state index is 13.3. The SMILES string of the molecule is Cc1cc(N(C)C2CCN(Cc3cc(F)cc(F)c3)CC2)ncn1. The van der Waals surface area contributed by atoms with Gasteiger partial charge >= 0.3 is 0 Å². The molecule has 0 bridgehead atoms. The molecule has 1 aromatic heterocycles. The summed E-state index contributed by atoms with van der Waals surface area (Å²) in [6.45, 7) is 4.34. The third kappa shape index (κ3) is 4.06. The Balaban J connectivity index is 1.57. The van der Waals surface area contributed by atoms with Gasteiger partial charge in [0.25, 0.3) is 0 Å². The van der Waals surface area contributed by atoms with Crippen LogP contribution in [0.3, 0.4) is 0 Å². The van der Waals surface area contributed by atoms with Crippen molar-refractivity contribution >= 4 is 5.82 Å². The number of likely N-dealkylation sites (tertiary alicyclic amines) is 1. The second-order valence-corrected chi connectivity index (χ2v) is 6.41. The smallest absolute Gasteiger partial charge is 0.132 e. The van der Waals surface area contributed by atoms with E-state index in [2.05, 4.69) is 26.8 Å². The van der Waals surface area contributed by atoms with Gasteiger partial charge in [0.05, 0.1) is 0 Å². The lowest BCUT2D eigenvalue weighted by molar-refractivity contribution is 0.202. The molecule has 4 nitrogen and oxygen atoms in total. The van der Waals surface area contributed by atoms with Crippen LogP contribution in [0.5, 0.6) is 0 Å². The second-order valence-electron chi connectivity index (χ2n) is 6.41. The normalized spacial score (nSPS) is 16.3. The summed E-state index contributed by atoms with van der Waals surface area (Å²) in [6, 6.07) is 6.13. The van der Waals surface area contributed by atoms with Gasteiger partial charge in [-0.05, 0) is 37.5 Å². The van der Waals surface area contributed by atoms with E-state index >= 15 is 0 Å². The Morgan fingerprint density at radius 2 is 1.75 bits per heavy atom. The van der Waals surface area contributed by atoms with Gasteiger partial charge < -0.3 is 4.90 Å². The van der Waals surface area contributed by atoms with E-state index in [1.54, 1.807) is 6.33 Å². The number of piperidine rings is 1. The van der Waals surface area contributed by atoms with E-state index in [1.807, 2.05) is 13.0 Å². The van der Waals surface area contributed by atoms with Crippen LogP contribution < -0.4 is 4.90 Å². The van der Waals surface area contributed by atoms with Gasteiger partial charge in [-0.15, -0.1) is 0 Å². The molecular weight excluding hydrogens is 310 g/mol. The van der Waals surface area contributed by atoms with Crippen molar-refractivity contribution in [3.05, 3.63) is 53.5 Å². The number of halogens is 2. The van der Waals surface area contributed by atoms with E-state index in [-0.39, 0.29) is 0 Å². The fraction of sp³-hybridized carbons (Fsp3) is 0.444. The van der Waals surface area contributed by atoms with Crippen LogP contribution in [0, 0.1) is 18.6 Å². The molecule has 0 N–H and O–H groups in total. The van der Waals surface area contributed by atoms with Crippen LogP contribution in [0.25, 0.3) is 0 Å². The number of hydrogen-bond acceptors (Lipinski definition) is 4. The van der Waals surface area contributed by atoms with E-state index in [1.165, 1.54) is 12.1 Å². The molecule has 0 amide bonds. The van der Waals surface area contributed by atoms with Gasteiger partial charge in [0.15, 0.2) is 0 Å². The summed E-state index contributed by atoms with van der Waals surface area (Å²) in [4.78, 5) is 12.9. The Labute approximate surface area is 141 Å². The van der Waals surface area contributed by atoms with Crippen LogP contribution in [0.15, 0.2) is 30.6 Å². The fourth-order valence-corrected chi connectivity index (χ4v) is 3.25. The number of aromatic nitrogens is 2. The van der Waals surface area contributed by atoms with Crippen molar-refractivity contribution in [1.82, 2.24) is 14.9 Å². The zero-order valence-corrected chi connectivity index (χ0v) is 14.0. The molecule has 128 valence electrons. The average Bonchev–Trinajstić information content (AvgIpc) is 2.54. The Bertz CT molecular complexity index is 679. The van der Waals surface area contributed by atoms with Gasteiger partial charge in [-0.2, -0.15) is 0 Å². The zero-order valence-electron chi connectivity index (χ0n) is 14.0. The first-order valence-corrected chi connectivity index (χ1v) is 8.20. The molecule has 0 atom stereocenters. The molecule has 0 aliphatic carbocycles. The molecular formula is C18H22F2N4. The summed E-state index contributed by atoms with van der Waals surface area (Å²) in [5, 5.41) is 0. The van der Waals surface area contributed by atoms with Crippen LogP contribution in [-0.4, -0.2) is 41.0 Å². The topological polar surface area (TPSA) is 32.3 Å². The van der Waals surface area contributed by atoms with E-state index in [9.17, 15) is 8.78 Å². The molecule has 2 aromatic rings. The van der Waals surface area contributed by atoms with Crippen molar-refractivity contribution in [3.63, 3.8) is 0 Å². The Hall–Kier alpha value is -2.08. The minimum Gasteiger partial charge on any atom is -0.356 e. The largest absolute Gasteiger partial charge is 0.356 e. The minimum atomic E-state index is -0.515. The number of nitrogens with zero attached hydrogens (tertiary/aromatic N) is 4. The summed E-state index contributed by atoms with van der Waals surface area (Å²) < 4.78 is 26.6. The molecule has 1 fully saturated rings. The van der Waals surface area contributed by atoms with E-state index in [0.717, 1.165) is 43.5 Å². The molecule has 1 saturated heterocycles. The Kier molecular flexibility index (Phi) is 5.04. The van der Waals surface area contributed by atoms with Gasteiger partial charge in [0.1, 0.15) is 23.8 Å². The van der Waals surface area contributed by atoms with Crippen molar-refractivity contribution < 1.29 is 8.78 Å². The predicted octanol–water partition coefficient (Wildman–Crippen LogP) is 3.16. The van der Waals surface area contributed by atoms with Crippen molar-refractivity contribution in [2.24, 2.45) is 0 Å². The summed E-state index contributed by atoms with van der Waals surface area (Å²) in [5.74, 6) is -0.0920. The van der Waals surface area contributed by atoms with Crippen molar-refractivity contribution in [2.45, 2.75) is 32.4 Å². The van der Waals surface area contributed by atoms with E-state index in [4.69, 9.17) is 0 Å². The number of anilines is 1. The maximum absolute atomic E-state index is 13.3. The fourth-order valence-electron chi connectivity index (χ4n) is 3.25. The lowest BCUT2D eigenvalue weighted by Gasteiger charge is -2.37. The van der Waals surface area contributed by atoms with Gasteiger partial charge in [-0.1, -0.05) is 0 Å². The molecule has 1 aliphatic heterocycles. The molecule has 0 radical (unpaired) electrons. The highest BCUT2D eigenvalue weighted by atomic mass is 19.1. The number of rotatable bonds is 4. The second kappa shape index (κ2) is 7.21. The van der Waals surface area contributed by atoms with Gasteiger partial charge in [-0.3, -0.25) is 4.90 Å². The highest BCUT2D eigenvalue weighted by molar-refractivity contribution is 5.39. The van der Waals surface area contributed by atoms with Crippen molar-refractivity contribution in [2.75, 3.05) is 25.0 Å². The molecule has 3 rings (SSSR count). The van der Waals surface area contributed by atoms with Crippen LogP contribution >= 0.6 is 0 Å². The maximum Gasteiger partial charge on any atom is 0.132 e. The number of aryl methyl sites for hydroxylation is 1. The van der Waals surface area contributed by atoms with E-state index in [0.29, 0.717) is 18.2 Å². The van der Waals surface area contributed by atoms with Crippen molar-refractivity contribution in [1.29, 1.82) is 0 Å². The molecule has 24 heavy (non-hydrogen) atoms. The summed E-state index contributed by atoms with van der Waals surface area (Å²) in [5.41, 5.74) is 1.64. The predicted molar refractivity (Wildman–Crippen MR) is 89.8 cm³/mol. The Morgan fingerprint density at radius 1 is 1.08 bits per heavy atom. The Morgan fingerprint density at radius 3 is 2.38 bits per heavy atom. The summed E-state index contributed by atoms with van der Waals surface area (Å²) in [7, 11) is 2.06. The molecule has 1 aliphatic rings. The minimum absolute atomic E-state index is 0.416. The average molecular weight is 332 g/mol. The standard InChI is InChI=1S/C18H22F2N4/c1-13-7-18(22-12-21-13)23(2)17-3-5-24(6-4-17)11-14-8-15(19)10-16(20)9-14/h7-10,12,17H,3-6,11H2,1-2H3. The molecule has 2 heterocycles. The summed E-state index contributed by atoms with van der Waals surface area (Å²) in [6.07, 6.45) is 3.59. The monoisotopic (exact) mass is 332 g/mol. The van der Waals surface area contributed by atoms with E-state index < -0.39 is 11.6 Å². The first-order valence-electron chi connectivity index (χ1n) is 8.20. The van der Waals surface area contributed by atoms with Crippen LogP contribution in [-0.2, 0) is 6.54 Å². The zero-order chi connectivity index (χ0) is 17.1. The summed E-state index contributed by atoms with van der Waals surface area (Å²) >= 11 is 0. The highest BCUT2D eigenvalue weighted by Crippen LogP contribution is 2.22. The molecule has 0 spiro atoms. The number of hydrogen-bond donors (Lipinski definition) is 0. The van der Waals surface area contributed by atoms with Crippen LogP contribution in [0.2, 0.25) is 0 Å². The molecule has 0 unspecified atom stereocenters. The third-order valence-electron chi connectivity index (χ3n) is 4.58. The lowest BCUT2D eigenvalue weighted by Crippen LogP contribution is -2.43. The third-order valence-corrected chi connectivity index (χ3v) is 4.58. The quantitative estimate of drug-likeness (QED) is 0.861. The molecule has 1 aromatic carbocycles. The van der Waals surface area contributed by atoms with Gasteiger partial charge in [0.2, 0.25) is 0 Å². The van der Waals surface area contributed by atoms with Crippen LogP contribution in [0.4, 0.5) is 14.6 Å². The van der Waals surface area contributed by atoms with Gasteiger partial charge in [0, 0.05) is 50.6 Å². The molecule has 6 heteroatoms. The van der Waals surface area contributed by atoms with Crippen LogP contribution in [0.1, 0.15) is 24.1 Å². The molecule has 0 saturated carbocycles. The highest BCUT2D eigenvalue weighted by Gasteiger charge is 2.23. The first-order chi connectivity index (χ1) is 11.5. The van der Waals surface area contributed by atoms with Gasteiger partial charge in [-0.25, -0.2) is 18.7 Å². The first kappa shape index (κ1) is 16.8. The number of benzene rings is 1. The lowest BCUT2D eigenvalue weighted by atomic mass is 10.0.